The Kier molecular flexibility index (Phi) is 3.28. The number of aromatic carboxylic acids is 1. The maximum atomic E-state index is 10.9. The molecule has 0 aliphatic rings. The highest BCUT2D eigenvalue weighted by Gasteiger charge is 2.13. The molecule has 4 nitrogen and oxygen atoms in total. The molecule has 0 amide bonds. The number of thiophene rings is 1. The van der Waals surface area contributed by atoms with Crippen LogP contribution in [0.15, 0.2) is 18.3 Å². The van der Waals surface area contributed by atoms with E-state index in [9.17, 15) is 4.79 Å². The molecule has 0 atom stereocenters. The first-order chi connectivity index (χ1) is 8.11. The first-order valence-electron chi connectivity index (χ1n) is 5.48. The quantitative estimate of drug-likeness (QED) is 0.907. The van der Waals surface area contributed by atoms with Crippen molar-refractivity contribution in [3.05, 3.63) is 28.9 Å². The Balaban J connectivity index is 2.40. The molecule has 2 aromatic rings. The molecule has 0 unspecified atom stereocenters. The second-order valence-corrected chi connectivity index (χ2v) is 4.97. The summed E-state index contributed by atoms with van der Waals surface area (Å²) in [6.07, 6.45) is 3.89. The van der Waals surface area contributed by atoms with Crippen LogP contribution in [0.4, 0.5) is 0 Å². The second kappa shape index (κ2) is 4.71. The van der Waals surface area contributed by atoms with E-state index < -0.39 is 5.97 Å². The van der Waals surface area contributed by atoms with Gasteiger partial charge in [0.05, 0.1) is 5.69 Å². The Bertz CT molecular complexity index is 542. The van der Waals surface area contributed by atoms with Gasteiger partial charge >= 0.3 is 5.97 Å². The number of carboxylic acid groups (broad SMARTS) is 1. The second-order valence-electron chi connectivity index (χ2n) is 3.88. The van der Waals surface area contributed by atoms with Crippen LogP contribution in [0, 0.1) is 0 Å². The molecule has 0 bridgehead atoms. The van der Waals surface area contributed by atoms with E-state index in [0.29, 0.717) is 4.88 Å². The van der Waals surface area contributed by atoms with Crippen molar-refractivity contribution in [1.29, 1.82) is 0 Å². The standard InChI is InChI=1S/C12H14N2O2S/c1-3-4-9-8(7-14(2)13-9)10-5-6-11(17-10)12(15)16/h5-7H,3-4H2,1-2H3,(H,15,16). The molecule has 0 aliphatic carbocycles. The number of nitrogens with zero attached hydrogens (tertiary/aromatic N) is 2. The van der Waals surface area contributed by atoms with E-state index in [1.54, 1.807) is 10.7 Å². The van der Waals surface area contributed by atoms with Crippen LogP contribution < -0.4 is 0 Å². The van der Waals surface area contributed by atoms with Crippen LogP contribution >= 0.6 is 11.3 Å². The third kappa shape index (κ3) is 2.39. The fraction of sp³-hybridized carbons (Fsp3) is 0.333. The van der Waals surface area contributed by atoms with Crippen LogP contribution in [-0.4, -0.2) is 20.9 Å². The third-order valence-corrected chi connectivity index (χ3v) is 3.58. The van der Waals surface area contributed by atoms with Crippen LogP contribution in [0.25, 0.3) is 10.4 Å². The van der Waals surface area contributed by atoms with Crippen LogP contribution in [0.5, 0.6) is 0 Å². The first-order valence-corrected chi connectivity index (χ1v) is 6.29. The summed E-state index contributed by atoms with van der Waals surface area (Å²) in [6, 6.07) is 3.50. The molecule has 2 rings (SSSR count). The Morgan fingerprint density at radius 2 is 2.29 bits per heavy atom. The Morgan fingerprint density at radius 3 is 2.88 bits per heavy atom. The number of carboxylic acids is 1. The number of aryl methyl sites for hydroxylation is 2. The lowest BCUT2D eigenvalue weighted by molar-refractivity contribution is 0.0702. The molecular formula is C12H14N2O2S. The van der Waals surface area contributed by atoms with Gasteiger partial charge in [-0.1, -0.05) is 13.3 Å². The van der Waals surface area contributed by atoms with Crippen LogP contribution in [0.1, 0.15) is 28.7 Å². The Labute approximate surface area is 104 Å². The molecule has 0 radical (unpaired) electrons. The number of aromatic nitrogens is 2. The van der Waals surface area contributed by atoms with E-state index in [4.69, 9.17) is 5.11 Å². The normalized spacial score (nSPS) is 10.7. The van der Waals surface area contributed by atoms with Crippen LogP contribution in [-0.2, 0) is 13.5 Å². The zero-order valence-electron chi connectivity index (χ0n) is 9.80. The summed E-state index contributed by atoms with van der Waals surface area (Å²) in [7, 11) is 1.88. The lowest BCUT2D eigenvalue weighted by atomic mass is 10.1. The first kappa shape index (κ1) is 11.9. The minimum atomic E-state index is -0.873. The molecule has 2 heterocycles. The van der Waals surface area contributed by atoms with Gasteiger partial charge in [-0.15, -0.1) is 11.3 Å². The van der Waals surface area contributed by atoms with Crippen molar-refractivity contribution in [2.75, 3.05) is 0 Å². The number of hydrogen-bond donors (Lipinski definition) is 1. The van der Waals surface area contributed by atoms with Gasteiger partial charge in [0.15, 0.2) is 0 Å². The van der Waals surface area contributed by atoms with Gasteiger partial charge in [-0.25, -0.2) is 4.79 Å². The highest BCUT2D eigenvalue weighted by Crippen LogP contribution is 2.30. The number of hydrogen-bond acceptors (Lipinski definition) is 3. The van der Waals surface area contributed by atoms with Crippen molar-refractivity contribution < 1.29 is 9.90 Å². The van der Waals surface area contributed by atoms with Gasteiger partial charge in [0.2, 0.25) is 0 Å². The van der Waals surface area contributed by atoms with Crippen LogP contribution in [0.2, 0.25) is 0 Å². The van der Waals surface area contributed by atoms with Crippen molar-refractivity contribution >= 4 is 17.3 Å². The molecule has 2 aromatic heterocycles. The van der Waals surface area contributed by atoms with E-state index in [-0.39, 0.29) is 0 Å². The molecule has 5 heteroatoms. The molecule has 0 saturated heterocycles. The van der Waals surface area contributed by atoms with Gasteiger partial charge in [0, 0.05) is 23.7 Å². The molecule has 0 aliphatic heterocycles. The molecule has 1 N–H and O–H groups in total. The lowest BCUT2D eigenvalue weighted by Gasteiger charge is -1.96. The van der Waals surface area contributed by atoms with Gasteiger partial charge in [-0.05, 0) is 18.6 Å². The summed E-state index contributed by atoms with van der Waals surface area (Å²) in [6.45, 7) is 2.11. The van der Waals surface area contributed by atoms with Gasteiger partial charge < -0.3 is 5.11 Å². The molecule has 0 saturated carbocycles. The number of rotatable bonds is 4. The largest absolute Gasteiger partial charge is 0.477 e. The highest BCUT2D eigenvalue weighted by atomic mass is 32.1. The van der Waals surface area contributed by atoms with E-state index in [2.05, 4.69) is 12.0 Å². The van der Waals surface area contributed by atoms with Crippen LogP contribution in [0.3, 0.4) is 0 Å². The average molecular weight is 250 g/mol. The van der Waals surface area contributed by atoms with Gasteiger partial charge in [-0.3, -0.25) is 4.68 Å². The third-order valence-electron chi connectivity index (χ3n) is 2.47. The topological polar surface area (TPSA) is 55.1 Å². The van der Waals surface area contributed by atoms with E-state index in [1.165, 1.54) is 11.3 Å². The zero-order valence-corrected chi connectivity index (χ0v) is 10.6. The van der Waals surface area contributed by atoms with Crippen molar-refractivity contribution in [2.45, 2.75) is 19.8 Å². The summed E-state index contributed by atoms with van der Waals surface area (Å²) in [5.41, 5.74) is 2.08. The van der Waals surface area contributed by atoms with Gasteiger partial charge in [0.1, 0.15) is 4.88 Å². The molecule has 0 aromatic carbocycles. The predicted molar refractivity (Wildman–Crippen MR) is 67.5 cm³/mol. The summed E-state index contributed by atoms with van der Waals surface area (Å²) < 4.78 is 1.78. The van der Waals surface area contributed by atoms with Crippen molar-refractivity contribution in [3.8, 4) is 10.4 Å². The fourth-order valence-corrected chi connectivity index (χ4v) is 2.64. The SMILES string of the molecule is CCCc1nn(C)cc1-c1ccc(C(=O)O)s1. The Hall–Kier alpha value is -1.62. The summed E-state index contributed by atoms with van der Waals surface area (Å²) in [4.78, 5) is 12.2. The van der Waals surface area contributed by atoms with Gasteiger partial charge in [0.25, 0.3) is 0 Å². The van der Waals surface area contributed by atoms with E-state index >= 15 is 0 Å². The van der Waals surface area contributed by atoms with Gasteiger partial charge in [-0.2, -0.15) is 5.10 Å². The minimum absolute atomic E-state index is 0.367. The van der Waals surface area contributed by atoms with Crippen molar-refractivity contribution in [3.63, 3.8) is 0 Å². The molecule has 17 heavy (non-hydrogen) atoms. The molecule has 0 fully saturated rings. The molecular weight excluding hydrogens is 236 g/mol. The summed E-state index contributed by atoms with van der Waals surface area (Å²) in [5.74, 6) is -0.873. The molecule has 90 valence electrons. The predicted octanol–water partition coefficient (Wildman–Crippen LogP) is 2.80. The maximum Gasteiger partial charge on any atom is 0.345 e. The van der Waals surface area contributed by atoms with E-state index in [0.717, 1.165) is 29.0 Å². The van der Waals surface area contributed by atoms with Crippen molar-refractivity contribution in [2.24, 2.45) is 7.05 Å². The lowest BCUT2D eigenvalue weighted by Crippen LogP contribution is -1.90. The Morgan fingerprint density at radius 1 is 1.53 bits per heavy atom. The smallest absolute Gasteiger partial charge is 0.345 e. The maximum absolute atomic E-state index is 10.9. The summed E-state index contributed by atoms with van der Waals surface area (Å²) in [5, 5.41) is 13.3. The fourth-order valence-electron chi connectivity index (χ4n) is 1.76. The molecule has 0 spiro atoms. The zero-order chi connectivity index (χ0) is 12.4. The minimum Gasteiger partial charge on any atom is -0.477 e. The monoisotopic (exact) mass is 250 g/mol. The van der Waals surface area contributed by atoms with E-state index in [1.807, 2.05) is 19.3 Å². The number of carbonyl (C=O) groups is 1. The average Bonchev–Trinajstić information content (AvgIpc) is 2.85. The summed E-state index contributed by atoms with van der Waals surface area (Å²) >= 11 is 1.29. The van der Waals surface area contributed by atoms with Crippen molar-refractivity contribution in [1.82, 2.24) is 9.78 Å². The highest BCUT2D eigenvalue weighted by molar-refractivity contribution is 7.17.